The van der Waals surface area contributed by atoms with Crippen LogP contribution in [0.3, 0.4) is 0 Å². The molecule has 1 N–H and O–H groups in total. The molecule has 3 aromatic heterocycles. The fraction of sp³-hybridized carbons (Fsp3) is 0.375. The second-order valence-corrected chi connectivity index (χ2v) is 5.75. The molecular weight excluding hydrogens is 276 g/mol. The predicted octanol–water partition coefficient (Wildman–Crippen LogP) is 2.44. The van der Waals surface area contributed by atoms with E-state index in [0.717, 1.165) is 54.3 Å². The summed E-state index contributed by atoms with van der Waals surface area (Å²) >= 11 is 0. The summed E-state index contributed by atoms with van der Waals surface area (Å²) in [5.74, 6) is 2.28. The molecule has 4 heterocycles. The molecule has 0 saturated carbocycles. The minimum absolute atomic E-state index is 0.430. The molecule has 0 amide bonds. The van der Waals surface area contributed by atoms with Gasteiger partial charge in [-0.15, -0.1) is 0 Å². The zero-order valence-corrected chi connectivity index (χ0v) is 12.5. The van der Waals surface area contributed by atoms with Crippen LogP contribution in [0.15, 0.2) is 30.9 Å². The third-order valence-corrected chi connectivity index (χ3v) is 4.27. The molecule has 6 nitrogen and oxygen atoms in total. The number of rotatable bonds is 2. The van der Waals surface area contributed by atoms with Gasteiger partial charge < -0.3 is 9.88 Å². The van der Waals surface area contributed by atoms with Gasteiger partial charge in [-0.3, -0.25) is 0 Å². The Morgan fingerprint density at radius 1 is 1.23 bits per heavy atom. The van der Waals surface area contributed by atoms with Gasteiger partial charge in [0, 0.05) is 37.1 Å². The second-order valence-electron chi connectivity index (χ2n) is 5.75. The minimum Gasteiger partial charge on any atom is -0.355 e. The first-order chi connectivity index (χ1) is 10.8. The Bertz CT molecular complexity index is 796. The molecule has 1 atom stereocenters. The number of hydrogen-bond donors (Lipinski definition) is 1. The topological polar surface area (TPSA) is 70.6 Å². The molecule has 0 aliphatic carbocycles. The average Bonchev–Trinajstić information content (AvgIpc) is 3.03. The number of piperidine rings is 1. The van der Waals surface area contributed by atoms with E-state index < -0.39 is 0 Å². The van der Waals surface area contributed by atoms with Gasteiger partial charge in [0.05, 0.1) is 5.39 Å². The third kappa shape index (κ3) is 2.30. The fourth-order valence-corrected chi connectivity index (χ4v) is 3.22. The van der Waals surface area contributed by atoms with Crippen LogP contribution < -0.4 is 4.90 Å². The Morgan fingerprint density at radius 3 is 3.09 bits per heavy atom. The van der Waals surface area contributed by atoms with E-state index in [4.69, 9.17) is 0 Å². The van der Waals surface area contributed by atoms with Crippen LogP contribution in [-0.4, -0.2) is 38.0 Å². The standard InChI is InChI=1S/C16H18N6/c1-11-17-7-5-14(21-11)12-3-2-8-22(9-12)16-13-4-6-18-15(13)19-10-20-16/h4-7,10,12H,2-3,8-9H2,1H3,(H,18,19,20). The molecule has 0 bridgehead atoms. The first-order valence-electron chi connectivity index (χ1n) is 7.64. The van der Waals surface area contributed by atoms with Crippen LogP contribution >= 0.6 is 0 Å². The van der Waals surface area contributed by atoms with Crippen molar-refractivity contribution in [2.24, 2.45) is 0 Å². The van der Waals surface area contributed by atoms with Gasteiger partial charge in [-0.05, 0) is 31.9 Å². The van der Waals surface area contributed by atoms with Gasteiger partial charge in [-0.25, -0.2) is 19.9 Å². The van der Waals surface area contributed by atoms with Gasteiger partial charge >= 0.3 is 0 Å². The van der Waals surface area contributed by atoms with Crippen molar-refractivity contribution in [2.45, 2.75) is 25.7 Å². The van der Waals surface area contributed by atoms with E-state index in [1.54, 1.807) is 6.33 Å². The molecule has 112 valence electrons. The number of H-pyrrole nitrogens is 1. The summed E-state index contributed by atoms with van der Waals surface area (Å²) in [5.41, 5.74) is 2.03. The van der Waals surface area contributed by atoms with Crippen LogP contribution in [0.25, 0.3) is 11.0 Å². The lowest BCUT2D eigenvalue weighted by Crippen LogP contribution is -2.35. The zero-order chi connectivity index (χ0) is 14.9. The SMILES string of the molecule is Cc1nccc(C2CCCN(c3ncnc4[nH]ccc34)C2)n1. The van der Waals surface area contributed by atoms with Gasteiger partial charge in [0.2, 0.25) is 0 Å². The molecule has 3 aromatic rings. The average molecular weight is 294 g/mol. The number of aromatic amines is 1. The number of nitrogens with zero attached hydrogens (tertiary/aromatic N) is 5. The maximum Gasteiger partial charge on any atom is 0.142 e. The second kappa shape index (κ2) is 5.36. The summed E-state index contributed by atoms with van der Waals surface area (Å²) in [4.78, 5) is 23.1. The van der Waals surface area contributed by atoms with Gasteiger partial charge in [0.25, 0.3) is 0 Å². The molecule has 0 radical (unpaired) electrons. The number of anilines is 1. The molecule has 4 rings (SSSR count). The molecule has 1 aliphatic heterocycles. The van der Waals surface area contributed by atoms with Gasteiger partial charge in [0.1, 0.15) is 23.6 Å². The number of aromatic nitrogens is 5. The van der Waals surface area contributed by atoms with Gasteiger partial charge in [-0.1, -0.05) is 0 Å². The summed E-state index contributed by atoms with van der Waals surface area (Å²) < 4.78 is 0. The number of hydrogen-bond acceptors (Lipinski definition) is 5. The molecule has 0 spiro atoms. The van der Waals surface area contributed by atoms with E-state index in [0.29, 0.717) is 5.92 Å². The van der Waals surface area contributed by atoms with Crippen molar-refractivity contribution >= 4 is 16.9 Å². The van der Waals surface area contributed by atoms with Crippen LogP contribution in [0.5, 0.6) is 0 Å². The van der Waals surface area contributed by atoms with E-state index in [1.165, 1.54) is 0 Å². The minimum atomic E-state index is 0.430. The Balaban J connectivity index is 1.65. The molecule has 22 heavy (non-hydrogen) atoms. The van der Waals surface area contributed by atoms with E-state index in [-0.39, 0.29) is 0 Å². The van der Waals surface area contributed by atoms with E-state index in [1.807, 2.05) is 31.5 Å². The van der Waals surface area contributed by atoms with Crippen LogP contribution in [0.1, 0.15) is 30.3 Å². The third-order valence-electron chi connectivity index (χ3n) is 4.27. The Labute approximate surface area is 128 Å². The first kappa shape index (κ1) is 13.2. The Kier molecular flexibility index (Phi) is 3.21. The number of fused-ring (bicyclic) bond motifs is 1. The highest BCUT2D eigenvalue weighted by Gasteiger charge is 2.24. The van der Waals surface area contributed by atoms with Crippen molar-refractivity contribution in [3.05, 3.63) is 42.4 Å². The maximum absolute atomic E-state index is 4.60. The van der Waals surface area contributed by atoms with Crippen LogP contribution in [-0.2, 0) is 0 Å². The Morgan fingerprint density at radius 2 is 2.18 bits per heavy atom. The summed E-state index contributed by atoms with van der Waals surface area (Å²) in [6, 6.07) is 4.08. The number of nitrogens with one attached hydrogen (secondary N) is 1. The van der Waals surface area contributed by atoms with Crippen molar-refractivity contribution < 1.29 is 0 Å². The Hall–Kier alpha value is -2.50. The van der Waals surface area contributed by atoms with Crippen molar-refractivity contribution in [1.29, 1.82) is 0 Å². The van der Waals surface area contributed by atoms with Crippen LogP contribution in [0.2, 0.25) is 0 Å². The lowest BCUT2D eigenvalue weighted by molar-refractivity contribution is 0.498. The summed E-state index contributed by atoms with van der Waals surface area (Å²) in [5, 5.41) is 1.09. The summed E-state index contributed by atoms with van der Waals surface area (Å²) in [6.45, 7) is 3.91. The smallest absolute Gasteiger partial charge is 0.142 e. The molecule has 1 unspecified atom stereocenters. The molecule has 1 saturated heterocycles. The summed E-state index contributed by atoms with van der Waals surface area (Å²) in [7, 11) is 0. The molecule has 1 aliphatic rings. The van der Waals surface area contributed by atoms with Crippen LogP contribution in [0.4, 0.5) is 5.82 Å². The lowest BCUT2D eigenvalue weighted by atomic mass is 9.94. The maximum atomic E-state index is 4.60. The largest absolute Gasteiger partial charge is 0.355 e. The highest BCUT2D eigenvalue weighted by atomic mass is 15.2. The summed E-state index contributed by atoms with van der Waals surface area (Å²) in [6.07, 6.45) is 7.70. The molecule has 0 aromatic carbocycles. The molecular formula is C16H18N6. The highest BCUT2D eigenvalue weighted by Crippen LogP contribution is 2.30. The van der Waals surface area contributed by atoms with E-state index >= 15 is 0 Å². The fourth-order valence-electron chi connectivity index (χ4n) is 3.22. The van der Waals surface area contributed by atoms with E-state index in [9.17, 15) is 0 Å². The predicted molar refractivity (Wildman–Crippen MR) is 84.8 cm³/mol. The van der Waals surface area contributed by atoms with Crippen molar-refractivity contribution in [3.63, 3.8) is 0 Å². The van der Waals surface area contributed by atoms with Crippen molar-refractivity contribution in [2.75, 3.05) is 18.0 Å². The van der Waals surface area contributed by atoms with Gasteiger partial charge in [-0.2, -0.15) is 0 Å². The van der Waals surface area contributed by atoms with Crippen molar-refractivity contribution in [1.82, 2.24) is 24.9 Å². The monoisotopic (exact) mass is 294 g/mol. The highest BCUT2D eigenvalue weighted by molar-refractivity contribution is 5.87. The molecule has 6 heteroatoms. The number of aryl methyl sites for hydroxylation is 1. The quantitative estimate of drug-likeness (QED) is 0.786. The zero-order valence-electron chi connectivity index (χ0n) is 12.5. The lowest BCUT2D eigenvalue weighted by Gasteiger charge is -2.33. The van der Waals surface area contributed by atoms with Crippen molar-refractivity contribution in [3.8, 4) is 0 Å². The normalized spacial score (nSPS) is 18.8. The van der Waals surface area contributed by atoms with Gasteiger partial charge in [0.15, 0.2) is 0 Å². The first-order valence-corrected chi connectivity index (χ1v) is 7.64. The van der Waals surface area contributed by atoms with E-state index in [2.05, 4.69) is 29.8 Å². The van der Waals surface area contributed by atoms with Crippen LogP contribution in [0, 0.1) is 6.92 Å². The molecule has 1 fully saturated rings.